The Hall–Kier alpha value is -1.95. The Morgan fingerprint density at radius 1 is 1.20 bits per heavy atom. The molecule has 0 spiro atoms. The second-order valence-electron chi connectivity index (χ2n) is 6.83. The second-order valence-corrected chi connectivity index (χ2v) is 7.20. The minimum atomic E-state index is -0.605. The minimum Gasteiger partial charge on any atom is -0.361 e. The lowest BCUT2D eigenvalue weighted by molar-refractivity contribution is -0.128. The van der Waals surface area contributed by atoms with E-state index in [0.717, 1.165) is 22.9 Å². The number of carbonyl (C=O) groups is 2. The number of nitrogens with one attached hydrogen (secondary N) is 3. The van der Waals surface area contributed by atoms with Gasteiger partial charge in [0, 0.05) is 42.2 Å². The third-order valence-electron chi connectivity index (χ3n) is 4.12. The second kappa shape index (κ2) is 8.94. The molecule has 0 aliphatic heterocycles. The van der Waals surface area contributed by atoms with E-state index in [4.69, 9.17) is 0 Å². The topological polar surface area (TPSA) is 74.0 Å². The maximum Gasteiger partial charge on any atom is 0.243 e. The van der Waals surface area contributed by atoms with Crippen LogP contribution < -0.4 is 10.6 Å². The van der Waals surface area contributed by atoms with Gasteiger partial charge in [0.05, 0.1) is 0 Å². The lowest BCUT2D eigenvalue weighted by Crippen LogP contribution is -2.50. The molecule has 1 heterocycles. The summed E-state index contributed by atoms with van der Waals surface area (Å²) in [4.78, 5) is 27.5. The highest BCUT2D eigenvalue weighted by Crippen LogP contribution is 2.19. The highest BCUT2D eigenvalue weighted by atomic mass is 32.1. The SMILES string of the molecule is CC(=O)NC(Cc1c[nH]c2ccccc12)C(=O)NC(CS)CC(C)C. The van der Waals surface area contributed by atoms with Gasteiger partial charge in [0.15, 0.2) is 0 Å². The van der Waals surface area contributed by atoms with Gasteiger partial charge in [0.2, 0.25) is 11.8 Å². The van der Waals surface area contributed by atoms with E-state index in [2.05, 4.69) is 42.1 Å². The first-order valence-electron chi connectivity index (χ1n) is 8.64. The fourth-order valence-corrected chi connectivity index (χ4v) is 3.27. The van der Waals surface area contributed by atoms with Crippen LogP contribution in [0.15, 0.2) is 30.5 Å². The number of aromatic amines is 1. The van der Waals surface area contributed by atoms with Gasteiger partial charge in [-0.25, -0.2) is 0 Å². The molecule has 2 unspecified atom stereocenters. The molecule has 6 heteroatoms. The average Bonchev–Trinajstić information content (AvgIpc) is 2.96. The van der Waals surface area contributed by atoms with E-state index in [1.165, 1.54) is 6.92 Å². The predicted molar refractivity (Wildman–Crippen MR) is 105 cm³/mol. The van der Waals surface area contributed by atoms with Gasteiger partial charge in [0.1, 0.15) is 6.04 Å². The zero-order chi connectivity index (χ0) is 18.4. The molecule has 5 nitrogen and oxygen atoms in total. The molecule has 0 saturated carbocycles. The lowest BCUT2D eigenvalue weighted by atomic mass is 10.0. The van der Waals surface area contributed by atoms with E-state index >= 15 is 0 Å². The number of thiol groups is 1. The molecular formula is C19H27N3O2S. The molecule has 2 aromatic rings. The van der Waals surface area contributed by atoms with Crippen molar-refractivity contribution in [3.8, 4) is 0 Å². The van der Waals surface area contributed by atoms with E-state index < -0.39 is 6.04 Å². The number of para-hydroxylation sites is 1. The molecule has 0 aliphatic carbocycles. The van der Waals surface area contributed by atoms with Crippen LogP contribution in [-0.4, -0.2) is 34.6 Å². The van der Waals surface area contributed by atoms with Crippen LogP contribution in [0.3, 0.4) is 0 Å². The molecule has 2 rings (SSSR count). The van der Waals surface area contributed by atoms with E-state index in [1.54, 1.807) is 0 Å². The van der Waals surface area contributed by atoms with Crippen LogP contribution >= 0.6 is 12.6 Å². The summed E-state index contributed by atoms with van der Waals surface area (Å²) in [6, 6.07) is 7.32. The molecule has 1 aromatic heterocycles. The first kappa shape index (κ1) is 19.4. The van der Waals surface area contributed by atoms with Crippen molar-refractivity contribution >= 4 is 35.3 Å². The zero-order valence-electron chi connectivity index (χ0n) is 15.0. The standard InChI is InChI=1S/C19H27N3O2S/c1-12(2)8-15(11-25)22-19(24)18(21-13(3)23)9-14-10-20-17-7-5-4-6-16(14)17/h4-7,10,12,15,18,20,25H,8-9,11H2,1-3H3,(H,21,23)(H,22,24). The molecule has 3 N–H and O–H groups in total. The van der Waals surface area contributed by atoms with Crippen LogP contribution in [0.25, 0.3) is 10.9 Å². The molecule has 0 bridgehead atoms. The van der Waals surface area contributed by atoms with Crippen molar-refractivity contribution in [3.63, 3.8) is 0 Å². The van der Waals surface area contributed by atoms with Gasteiger partial charge in [-0.2, -0.15) is 12.6 Å². The van der Waals surface area contributed by atoms with Crippen molar-refractivity contribution in [2.45, 2.75) is 45.7 Å². The Morgan fingerprint density at radius 3 is 2.56 bits per heavy atom. The number of fused-ring (bicyclic) bond motifs is 1. The van der Waals surface area contributed by atoms with Crippen molar-refractivity contribution in [1.82, 2.24) is 15.6 Å². The summed E-state index contributed by atoms with van der Waals surface area (Å²) < 4.78 is 0. The van der Waals surface area contributed by atoms with Crippen LogP contribution in [0.1, 0.15) is 32.8 Å². The Kier molecular flexibility index (Phi) is 6.93. The minimum absolute atomic E-state index is 0.00457. The molecule has 0 saturated heterocycles. The van der Waals surface area contributed by atoms with E-state index in [0.29, 0.717) is 18.1 Å². The summed E-state index contributed by atoms with van der Waals surface area (Å²) in [6.45, 7) is 5.65. The number of aromatic nitrogens is 1. The summed E-state index contributed by atoms with van der Waals surface area (Å²) in [5.41, 5.74) is 2.03. The number of hydrogen-bond donors (Lipinski definition) is 4. The van der Waals surface area contributed by atoms with Gasteiger partial charge in [-0.15, -0.1) is 0 Å². The third-order valence-corrected chi connectivity index (χ3v) is 4.56. The van der Waals surface area contributed by atoms with Gasteiger partial charge in [-0.05, 0) is 24.0 Å². The Morgan fingerprint density at radius 2 is 1.92 bits per heavy atom. The normalized spacial score (nSPS) is 13.6. The third kappa shape index (κ3) is 5.53. The summed E-state index contributed by atoms with van der Waals surface area (Å²) in [7, 11) is 0. The average molecular weight is 362 g/mol. The molecule has 0 aliphatic rings. The van der Waals surface area contributed by atoms with Crippen LogP contribution in [0.5, 0.6) is 0 Å². The van der Waals surface area contributed by atoms with Gasteiger partial charge in [0.25, 0.3) is 0 Å². The quantitative estimate of drug-likeness (QED) is 0.546. The lowest BCUT2D eigenvalue weighted by Gasteiger charge is -2.23. The predicted octanol–water partition coefficient (Wildman–Crippen LogP) is 2.68. The van der Waals surface area contributed by atoms with Crippen molar-refractivity contribution in [1.29, 1.82) is 0 Å². The molecule has 0 radical (unpaired) electrons. The number of rotatable bonds is 8. The molecule has 1 aromatic carbocycles. The van der Waals surface area contributed by atoms with E-state index in [9.17, 15) is 9.59 Å². The zero-order valence-corrected chi connectivity index (χ0v) is 15.9. The number of carbonyl (C=O) groups excluding carboxylic acids is 2. The van der Waals surface area contributed by atoms with Crippen LogP contribution in [0.2, 0.25) is 0 Å². The van der Waals surface area contributed by atoms with Gasteiger partial charge in [-0.1, -0.05) is 32.0 Å². The monoisotopic (exact) mass is 361 g/mol. The maximum absolute atomic E-state index is 12.7. The Balaban J connectivity index is 2.14. The maximum atomic E-state index is 12.7. The molecule has 136 valence electrons. The van der Waals surface area contributed by atoms with Crippen molar-refractivity contribution < 1.29 is 9.59 Å². The fourth-order valence-electron chi connectivity index (χ4n) is 3.02. The van der Waals surface area contributed by atoms with Crippen LogP contribution in [0.4, 0.5) is 0 Å². The van der Waals surface area contributed by atoms with Gasteiger partial charge in [-0.3, -0.25) is 9.59 Å². The molecular weight excluding hydrogens is 334 g/mol. The molecule has 25 heavy (non-hydrogen) atoms. The number of hydrogen-bond acceptors (Lipinski definition) is 3. The van der Waals surface area contributed by atoms with Crippen LogP contribution in [0, 0.1) is 5.92 Å². The first-order chi connectivity index (χ1) is 11.9. The fraction of sp³-hybridized carbons (Fsp3) is 0.474. The van der Waals surface area contributed by atoms with Crippen molar-refractivity contribution in [2.24, 2.45) is 5.92 Å². The van der Waals surface area contributed by atoms with Crippen molar-refractivity contribution in [2.75, 3.05) is 5.75 Å². The first-order valence-corrected chi connectivity index (χ1v) is 9.27. The Labute approximate surface area is 154 Å². The van der Waals surface area contributed by atoms with Crippen LogP contribution in [-0.2, 0) is 16.0 Å². The molecule has 0 fully saturated rings. The summed E-state index contributed by atoms with van der Waals surface area (Å²) >= 11 is 4.33. The van der Waals surface area contributed by atoms with Gasteiger partial charge >= 0.3 is 0 Å². The summed E-state index contributed by atoms with van der Waals surface area (Å²) in [6.07, 6.45) is 3.20. The van der Waals surface area contributed by atoms with E-state index in [1.807, 2.05) is 30.5 Å². The highest BCUT2D eigenvalue weighted by Gasteiger charge is 2.23. The molecule has 2 atom stereocenters. The highest BCUT2D eigenvalue weighted by molar-refractivity contribution is 7.80. The van der Waals surface area contributed by atoms with Crippen molar-refractivity contribution in [3.05, 3.63) is 36.0 Å². The largest absolute Gasteiger partial charge is 0.361 e. The number of benzene rings is 1. The Bertz CT molecular complexity index is 726. The number of amides is 2. The smallest absolute Gasteiger partial charge is 0.243 e. The molecule has 2 amide bonds. The van der Waals surface area contributed by atoms with E-state index in [-0.39, 0.29) is 17.9 Å². The van der Waals surface area contributed by atoms with Gasteiger partial charge < -0.3 is 15.6 Å². The summed E-state index contributed by atoms with van der Waals surface area (Å²) in [5.74, 6) is 0.654. The number of H-pyrrole nitrogens is 1. The summed E-state index contributed by atoms with van der Waals surface area (Å²) in [5, 5.41) is 6.87.